The Hall–Kier alpha value is -7.20. The Morgan fingerprint density at radius 2 is 0.877 bits per heavy atom. The van der Waals surface area contributed by atoms with E-state index in [4.69, 9.17) is 0 Å². The summed E-state index contributed by atoms with van der Waals surface area (Å²) in [7, 11) is 0. The van der Waals surface area contributed by atoms with Crippen molar-refractivity contribution in [2.24, 2.45) is 0 Å². The molecule has 0 unspecified atom stereocenters. The molecule has 11 aromatic rings. The minimum atomic E-state index is 1.10. The average molecular weight is 745 g/mol. The number of hydrogen-bond donors (Lipinski definition) is 0. The van der Waals surface area contributed by atoms with Crippen molar-refractivity contribution in [3.63, 3.8) is 0 Å². The molecule has 0 amide bonds. The molecular formula is C54H36N2S. The van der Waals surface area contributed by atoms with Gasteiger partial charge in [0.1, 0.15) is 0 Å². The molecule has 11 rings (SSSR count). The van der Waals surface area contributed by atoms with Crippen molar-refractivity contribution in [3.05, 3.63) is 218 Å². The van der Waals surface area contributed by atoms with Crippen LogP contribution in [0.2, 0.25) is 0 Å². The molecule has 3 heteroatoms. The van der Waals surface area contributed by atoms with Crippen molar-refractivity contribution < 1.29 is 0 Å². The maximum atomic E-state index is 2.39. The van der Waals surface area contributed by atoms with Crippen LogP contribution >= 0.6 is 11.3 Å². The van der Waals surface area contributed by atoms with Gasteiger partial charge < -0.3 is 9.47 Å². The second-order valence-corrected chi connectivity index (χ2v) is 15.6. The van der Waals surface area contributed by atoms with Crippen LogP contribution in [0.15, 0.2) is 218 Å². The quantitative estimate of drug-likeness (QED) is 0.158. The van der Waals surface area contributed by atoms with Crippen LogP contribution in [0.3, 0.4) is 0 Å². The van der Waals surface area contributed by atoms with E-state index in [9.17, 15) is 0 Å². The summed E-state index contributed by atoms with van der Waals surface area (Å²) in [6.45, 7) is 0. The largest absolute Gasteiger partial charge is 0.310 e. The molecule has 57 heavy (non-hydrogen) atoms. The van der Waals surface area contributed by atoms with Crippen molar-refractivity contribution in [3.8, 4) is 39.1 Å². The number of benzene rings is 9. The Morgan fingerprint density at radius 1 is 0.333 bits per heavy atom. The maximum absolute atomic E-state index is 2.39. The van der Waals surface area contributed by atoms with Crippen LogP contribution in [-0.2, 0) is 0 Å². The molecule has 0 spiro atoms. The van der Waals surface area contributed by atoms with Crippen LogP contribution in [0, 0.1) is 0 Å². The van der Waals surface area contributed by atoms with E-state index in [2.05, 4.69) is 228 Å². The van der Waals surface area contributed by atoms with Crippen LogP contribution in [-0.4, -0.2) is 4.57 Å². The van der Waals surface area contributed by atoms with Crippen LogP contribution in [0.1, 0.15) is 0 Å². The minimum Gasteiger partial charge on any atom is -0.310 e. The molecule has 0 aliphatic heterocycles. The van der Waals surface area contributed by atoms with Crippen molar-refractivity contribution in [2.75, 3.05) is 4.90 Å². The Morgan fingerprint density at radius 3 is 1.65 bits per heavy atom. The fraction of sp³-hybridized carbons (Fsp3) is 0. The van der Waals surface area contributed by atoms with E-state index in [0.717, 1.165) is 22.7 Å². The molecule has 0 radical (unpaired) electrons. The lowest BCUT2D eigenvalue weighted by atomic mass is 9.97. The molecule has 9 aromatic carbocycles. The Labute approximate surface area is 335 Å². The normalized spacial score (nSPS) is 11.5. The van der Waals surface area contributed by atoms with Crippen molar-refractivity contribution in [2.45, 2.75) is 0 Å². The van der Waals surface area contributed by atoms with Gasteiger partial charge in [0.05, 0.1) is 11.0 Å². The summed E-state index contributed by atoms with van der Waals surface area (Å²) in [6.07, 6.45) is 0. The molecule has 2 heterocycles. The molecule has 0 aliphatic carbocycles. The zero-order valence-electron chi connectivity index (χ0n) is 31.1. The minimum absolute atomic E-state index is 1.10. The lowest BCUT2D eigenvalue weighted by Gasteiger charge is -2.26. The lowest BCUT2D eigenvalue weighted by molar-refractivity contribution is 1.18. The predicted octanol–water partition coefficient (Wildman–Crippen LogP) is 15.6. The molecule has 2 nitrogen and oxygen atoms in total. The number of anilines is 3. The standard InChI is InChI=1S/C54H36N2S/c1-3-13-37(14-4-1)38-25-29-43(30-26-38)55(45-33-34-48-47-19-7-9-23-51(47)56(52(48)36-45)42-17-5-2-6-18-42)44-31-27-39(28-32-44)40-15-11-16-41(35-40)46-21-12-22-50-49-20-8-10-24-53(49)57-54(46)50/h1-36H. The fourth-order valence-corrected chi connectivity index (χ4v) is 9.72. The number of thiophene rings is 1. The van der Waals surface area contributed by atoms with Gasteiger partial charge >= 0.3 is 0 Å². The lowest BCUT2D eigenvalue weighted by Crippen LogP contribution is -2.10. The molecule has 0 fully saturated rings. The van der Waals surface area contributed by atoms with E-state index in [1.165, 1.54) is 75.4 Å². The van der Waals surface area contributed by atoms with Gasteiger partial charge in [-0.25, -0.2) is 0 Å². The van der Waals surface area contributed by atoms with E-state index in [-0.39, 0.29) is 0 Å². The summed E-state index contributed by atoms with van der Waals surface area (Å²) in [4.78, 5) is 2.38. The zero-order chi connectivity index (χ0) is 37.7. The highest BCUT2D eigenvalue weighted by Crippen LogP contribution is 2.43. The summed E-state index contributed by atoms with van der Waals surface area (Å²) in [6, 6.07) is 79.3. The fourth-order valence-electron chi connectivity index (χ4n) is 8.48. The molecule has 0 aliphatic rings. The molecule has 268 valence electrons. The summed E-state index contributed by atoms with van der Waals surface area (Å²) in [5.41, 5.74) is 14.1. The molecular weight excluding hydrogens is 709 g/mol. The monoisotopic (exact) mass is 744 g/mol. The van der Waals surface area contributed by atoms with Gasteiger partial charge in [0.15, 0.2) is 0 Å². The first kappa shape index (κ1) is 33.2. The summed E-state index contributed by atoms with van der Waals surface area (Å²) in [5.74, 6) is 0. The number of nitrogens with zero attached hydrogens (tertiary/aromatic N) is 2. The van der Waals surface area contributed by atoms with Gasteiger partial charge in [0.25, 0.3) is 0 Å². The molecule has 0 bridgehead atoms. The third-order valence-corrected chi connectivity index (χ3v) is 12.4. The number of rotatable bonds is 7. The summed E-state index contributed by atoms with van der Waals surface area (Å²) < 4.78 is 5.05. The Kier molecular flexibility index (Phi) is 8.04. The Balaban J connectivity index is 1.02. The van der Waals surface area contributed by atoms with Gasteiger partial charge in [-0.05, 0) is 100 Å². The van der Waals surface area contributed by atoms with E-state index < -0.39 is 0 Å². The highest BCUT2D eigenvalue weighted by molar-refractivity contribution is 7.26. The topological polar surface area (TPSA) is 8.17 Å². The number of aromatic nitrogens is 1. The smallest absolute Gasteiger partial charge is 0.0561 e. The van der Waals surface area contributed by atoms with Crippen molar-refractivity contribution in [1.29, 1.82) is 0 Å². The summed E-state index contributed by atoms with van der Waals surface area (Å²) in [5, 5.41) is 5.13. The second-order valence-electron chi connectivity index (χ2n) is 14.5. The maximum Gasteiger partial charge on any atom is 0.0561 e. The third-order valence-electron chi connectivity index (χ3n) is 11.2. The van der Waals surface area contributed by atoms with Crippen LogP contribution in [0.5, 0.6) is 0 Å². The SMILES string of the molecule is c1ccc(-c2ccc(N(c3ccc(-c4cccc(-c5cccc6c5sc5ccccc56)c4)cc3)c3ccc4c5ccccc5n(-c5ccccc5)c4c3)cc2)cc1. The van der Waals surface area contributed by atoms with E-state index in [1.807, 2.05) is 11.3 Å². The highest BCUT2D eigenvalue weighted by Gasteiger charge is 2.18. The van der Waals surface area contributed by atoms with Gasteiger partial charge in [0, 0.05) is 53.7 Å². The molecule has 0 atom stereocenters. The molecule has 0 N–H and O–H groups in total. The van der Waals surface area contributed by atoms with E-state index in [1.54, 1.807) is 0 Å². The molecule has 0 saturated heterocycles. The molecule has 0 saturated carbocycles. The first-order chi connectivity index (χ1) is 28.3. The van der Waals surface area contributed by atoms with E-state index in [0.29, 0.717) is 0 Å². The van der Waals surface area contributed by atoms with Crippen LogP contribution in [0.4, 0.5) is 17.1 Å². The second kappa shape index (κ2) is 13.8. The number of hydrogen-bond acceptors (Lipinski definition) is 2. The van der Waals surface area contributed by atoms with Crippen molar-refractivity contribution >= 4 is 70.4 Å². The summed E-state index contributed by atoms with van der Waals surface area (Å²) >= 11 is 1.88. The first-order valence-electron chi connectivity index (χ1n) is 19.4. The van der Waals surface area contributed by atoms with Crippen LogP contribution in [0.25, 0.3) is 81.0 Å². The average Bonchev–Trinajstić information content (AvgIpc) is 3.83. The van der Waals surface area contributed by atoms with Crippen LogP contribution < -0.4 is 4.90 Å². The number of fused-ring (bicyclic) bond motifs is 6. The predicted molar refractivity (Wildman–Crippen MR) is 245 cm³/mol. The van der Waals surface area contributed by atoms with Crippen molar-refractivity contribution in [1.82, 2.24) is 4.57 Å². The van der Waals surface area contributed by atoms with E-state index >= 15 is 0 Å². The van der Waals surface area contributed by atoms with Gasteiger partial charge in [0.2, 0.25) is 0 Å². The van der Waals surface area contributed by atoms with Gasteiger partial charge in [-0.2, -0.15) is 0 Å². The number of para-hydroxylation sites is 2. The third kappa shape index (κ3) is 5.80. The Bertz CT molecular complexity index is 3210. The zero-order valence-corrected chi connectivity index (χ0v) is 31.9. The first-order valence-corrected chi connectivity index (χ1v) is 20.2. The van der Waals surface area contributed by atoms with Gasteiger partial charge in [-0.3, -0.25) is 0 Å². The van der Waals surface area contributed by atoms with Gasteiger partial charge in [-0.15, -0.1) is 11.3 Å². The van der Waals surface area contributed by atoms with Gasteiger partial charge in [-0.1, -0.05) is 152 Å². The molecule has 2 aromatic heterocycles. The highest BCUT2D eigenvalue weighted by atomic mass is 32.1.